The summed E-state index contributed by atoms with van der Waals surface area (Å²) in [6.07, 6.45) is -0.649. The number of rotatable bonds is 5. The zero-order chi connectivity index (χ0) is 19.4. The Kier molecular flexibility index (Phi) is 6.08. The van der Waals surface area contributed by atoms with Crippen molar-refractivity contribution in [2.45, 2.75) is 18.6 Å². The topological polar surface area (TPSA) is 68.2 Å². The Hall–Kier alpha value is -2.44. The number of hydrogen-bond donors (Lipinski definition) is 1. The number of aliphatic hydroxyl groups is 1. The number of carbonyl (C=O) groups is 1. The maximum atomic E-state index is 12.9. The zero-order valence-electron chi connectivity index (χ0n) is 15.2. The van der Waals surface area contributed by atoms with Crippen LogP contribution in [0.1, 0.15) is 16.8 Å². The molecule has 2 atom stereocenters. The van der Waals surface area contributed by atoms with Crippen LogP contribution in [0.15, 0.2) is 42.5 Å². The molecule has 144 valence electrons. The minimum atomic E-state index is -0.789. The van der Waals surface area contributed by atoms with Crippen LogP contribution in [0.4, 0.5) is 0 Å². The van der Waals surface area contributed by atoms with E-state index in [-0.39, 0.29) is 18.6 Å². The number of piperidine rings is 1. The molecular weight excluding hydrogens is 370 g/mol. The molecule has 1 aliphatic rings. The van der Waals surface area contributed by atoms with E-state index in [1.807, 2.05) is 0 Å². The van der Waals surface area contributed by atoms with Crippen LogP contribution >= 0.6 is 11.6 Å². The minimum absolute atomic E-state index is 0.187. The Morgan fingerprint density at radius 3 is 2.44 bits per heavy atom. The third-order valence-corrected chi connectivity index (χ3v) is 4.80. The van der Waals surface area contributed by atoms with Gasteiger partial charge in [0.2, 0.25) is 0 Å². The SMILES string of the molecule is COc1ccc(C(=O)N2CC[C@@H](Oc3ccc(Cl)cc3)[C@H](O)C2)c(OC)c1. The molecule has 2 aromatic rings. The minimum Gasteiger partial charge on any atom is -0.497 e. The molecule has 0 aliphatic carbocycles. The Morgan fingerprint density at radius 2 is 1.81 bits per heavy atom. The summed E-state index contributed by atoms with van der Waals surface area (Å²) in [6, 6.07) is 12.0. The number of hydrogen-bond acceptors (Lipinski definition) is 5. The number of methoxy groups -OCH3 is 2. The molecule has 0 radical (unpaired) electrons. The van der Waals surface area contributed by atoms with Gasteiger partial charge in [-0.25, -0.2) is 0 Å². The number of halogens is 1. The monoisotopic (exact) mass is 391 g/mol. The van der Waals surface area contributed by atoms with Crippen LogP contribution in [0.5, 0.6) is 17.2 Å². The molecule has 0 unspecified atom stereocenters. The van der Waals surface area contributed by atoms with Crippen molar-refractivity contribution in [3.8, 4) is 17.2 Å². The van der Waals surface area contributed by atoms with Crippen LogP contribution in [0, 0.1) is 0 Å². The Balaban J connectivity index is 1.66. The van der Waals surface area contributed by atoms with E-state index in [0.29, 0.717) is 40.8 Å². The van der Waals surface area contributed by atoms with Gasteiger partial charge in [-0.1, -0.05) is 11.6 Å². The van der Waals surface area contributed by atoms with Gasteiger partial charge >= 0.3 is 0 Å². The van der Waals surface area contributed by atoms with Crippen molar-refractivity contribution in [2.75, 3.05) is 27.3 Å². The number of ether oxygens (including phenoxy) is 3. The smallest absolute Gasteiger partial charge is 0.257 e. The number of nitrogens with zero attached hydrogens (tertiary/aromatic N) is 1. The van der Waals surface area contributed by atoms with Gasteiger partial charge in [0.25, 0.3) is 5.91 Å². The van der Waals surface area contributed by atoms with E-state index in [4.69, 9.17) is 25.8 Å². The zero-order valence-corrected chi connectivity index (χ0v) is 16.0. The first-order valence-corrected chi connectivity index (χ1v) is 9.01. The molecule has 1 aliphatic heterocycles. The average Bonchev–Trinajstić information content (AvgIpc) is 2.70. The summed E-state index contributed by atoms with van der Waals surface area (Å²) in [5, 5.41) is 11.1. The Labute approximate surface area is 163 Å². The number of β-amino-alcohol motifs (C(OH)–C–C–N with tert-alkyl or cyclic N) is 1. The largest absolute Gasteiger partial charge is 0.497 e. The number of benzene rings is 2. The fourth-order valence-corrected chi connectivity index (χ4v) is 3.19. The maximum Gasteiger partial charge on any atom is 0.257 e. The van der Waals surface area contributed by atoms with Crippen molar-refractivity contribution < 1.29 is 24.1 Å². The van der Waals surface area contributed by atoms with E-state index in [9.17, 15) is 9.90 Å². The third-order valence-electron chi connectivity index (χ3n) is 4.55. The third kappa shape index (κ3) is 4.46. The molecule has 3 rings (SSSR count). The highest BCUT2D eigenvalue weighted by atomic mass is 35.5. The lowest BCUT2D eigenvalue weighted by molar-refractivity contribution is -0.0199. The Bertz CT molecular complexity index is 795. The molecule has 2 aromatic carbocycles. The highest BCUT2D eigenvalue weighted by Crippen LogP contribution is 2.27. The highest BCUT2D eigenvalue weighted by Gasteiger charge is 2.33. The number of likely N-dealkylation sites (tertiary alicyclic amines) is 1. The first kappa shape index (κ1) is 19.3. The van der Waals surface area contributed by atoms with Gasteiger partial charge in [0.1, 0.15) is 29.5 Å². The fourth-order valence-electron chi connectivity index (χ4n) is 3.07. The standard InChI is InChI=1S/C20H22ClNO5/c1-25-15-7-8-16(19(11-15)26-2)20(24)22-10-9-18(17(23)12-22)27-14-5-3-13(21)4-6-14/h3-8,11,17-18,23H,9-10,12H2,1-2H3/t17-,18-/m1/s1. The lowest BCUT2D eigenvalue weighted by Crippen LogP contribution is -2.51. The van der Waals surface area contributed by atoms with E-state index in [2.05, 4.69) is 0 Å². The molecular formula is C20H22ClNO5. The van der Waals surface area contributed by atoms with E-state index in [1.54, 1.807) is 54.5 Å². The molecule has 6 nitrogen and oxygen atoms in total. The maximum absolute atomic E-state index is 12.9. The van der Waals surface area contributed by atoms with Gasteiger partial charge in [-0.15, -0.1) is 0 Å². The second-order valence-corrected chi connectivity index (χ2v) is 6.72. The average molecular weight is 392 g/mol. The van der Waals surface area contributed by atoms with Crippen LogP contribution in [-0.4, -0.2) is 55.4 Å². The van der Waals surface area contributed by atoms with E-state index in [1.165, 1.54) is 7.11 Å². The van der Waals surface area contributed by atoms with Gasteiger partial charge in [-0.3, -0.25) is 4.79 Å². The molecule has 0 aromatic heterocycles. The van der Waals surface area contributed by atoms with Gasteiger partial charge in [0.05, 0.1) is 26.3 Å². The van der Waals surface area contributed by atoms with Gasteiger partial charge in [-0.2, -0.15) is 0 Å². The van der Waals surface area contributed by atoms with Gasteiger partial charge in [0.15, 0.2) is 0 Å². The van der Waals surface area contributed by atoms with Crippen molar-refractivity contribution in [3.05, 3.63) is 53.1 Å². The molecule has 0 spiro atoms. The van der Waals surface area contributed by atoms with E-state index >= 15 is 0 Å². The molecule has 1 N–H and O–H groups in total. The summed E-state index contributed by atoms with van der Waals surface area (Å²) in [5.41, 5.74) is 0.433. The second kappa shape index (κ2) is 8.50. The van der Waals surface area contributed by atoms with Crippen LogP contribution in [0.2, 0.25) is 5.02 Å². The van der Waals surface area contributed by atoms with Crippen LogP contribution in [0.25, 0.3) is 0 Å². The fraction of sp³-hybridized carbons (Fsp3) is 0.350. The van der Waals surface area contributed by atoms with E-state index in [0.717, 1.165) is 0 Å². The molecule has 1 saturated heterocycles. The summed E-state index contributed by atoms with van der Waals surface area (Å²) in [4.78, 5) is 14.5. The van der Waals surface area contributed by atoms with E-state index < -0.39 is 6.10 Å². The quantitative estimate of drug-likeness (QED) is 0.848. The van der Waals surface area contributed by atoms with Crippen molar-refractivity contribution in [1.29, 1.82) is 0 Å². The molecule has 27 heavy (non-hydrogen) atoms. The second-order valence-electron chi connectivity index (χ2n) is 6.28. The predicted molar refractivity (Wildman–Crippen MR) is 102 cm³/mol. The molecule has 1 heterocycles. The predicted octanol–water partition coefficient (Wildman–Crippen LogP) is 3.01. The highest BCUT2D eigenvalue weighted by molar-refractivity contribution is 6.30. The molecule has 0 saturated carbocycles. The van der Waals surface area contributed by atoms with Crippen LogP contribution < -0.4 is 14.2 Å². The van der Waals surface area contributed by atoms with Gasteiger partial charge < -0.3 is 24.2 Å². The normalized spacial score (nSPS) is 19.5. The summed E-state index contributed by atoms with van der Waals surface area (Å²) in [5.74, 6) is 1.49. The number of carbonyl (C=O) groups excluding carboxylic acids is 1. The first-order chi connectivity index (χ1) is 13.0. The summed E-state index contributed by atoms with van der Waals surface area (Å²) < 4.78 is 16.3. The number of amides is 1. The lowest BCUT2D eigenvalue weighted by Gasteiger charge is -2.36. The van der Waals surface area contributed by atoms with Crippen molar-refractivity contribution in [1.82, 2.24) is 4.90 Å². The first-order valence-electron chi connectivity index (χ1n) is 8.63. The van der Waals surface area contributed by atoms with Gasteiger partial charge in [-0.05, 0) is 36.4 Å². The summed E-state index contributed by atoms with van der Waals surface area (Å²) in [6.45, 7) is 0.662. The van der Waals surface area contributed by atoms with Crippen molar-refractivity contribution in [2.24, 2.45) is 0 Å². The molecule has 1 fully saturated rings. The lowest BCUT2D eigenvalue weighted by atomic mass is 10.0. The molecule has 0 bridgehead atoms. The summed E-state index contributed by atoms with van der Waals surface area (Å²) >= 11 is 5.87. The van der Waals surface area contributed by atoms with Crippen LogP contribution in [0.3, 0.4) is 0 Å². The van der Waals surface area contributed by atoms with Crippen LogP contribution in [-0.2, 0) is 0 Å². The van der Waals surface area contributed by atoms with Gasteiger partial charge in [0, 0.05) is 24.1 Å². The molecule has 7 heteroatoms. The van der Waals surface area contributed by atoms with Crippen molar-refractivity contribution >= 4 is 17.5 Å². The van der Waals surface area contributed by atoms with Crippen molar-refractivity contribution in [3.63, 3.8) is 0 Å². The molecule has 1 amide bonds. The summed E-state index contributed by atoms with van der Waals surface area (Å²) in [7, 11) is 3.06. The Morgan fingerprint density at radius 1 is 1.11 bits per heavy atom. The number of aliphatic hydroxyl groups excluding tert-OH is 1.